The largest absolute Gasteiger partial charge is 0.412 e. The van der Waals surface area contributed by atoms with Crippen molar-refractivity contribution in [3.05, 3.63) is 21.9 Å². The zero-order valence-corrected chi connectivity index (χ0v) is 8.91. The first kappa shape index (κ1) is 12.3. The molecule has 0 radical (unpaired) electrons. The van der Waals surface area contributed by atoms with E-state index in [-0.39, 0.29) is 11.3 Å². The lowest BCUT2D eigenvalue weighted by atomic mass is 10.1. The number of thiophene rings is 1. The number of Topliss-reactive ketones (excluding diaryl/α,β-unsaturated/α-hetero) is 1. The highest BCUT2D eigenvalue weighted by molar-refractivity contribution is 7.10. The number of hydrogen-bond acceptors (Lipinski definition) is 2. The molecule has 0 amide bonds. The van der Waals surface area contributed by atoms with Gasteiger partial charge in [0, 0.05) is 11.3 Å². The smallest absolute Gasteiger partial charge is 0.134 e. The van der Waals surface area contributed by atoms with Crippen LogP contribution < -0.4 is 0 Å². The molecule has 1 aromatic heterocycles. The fourth-order valence-electron chi connectivity index (χ4n) is 1.24. The van der Waals surface area contributed by atoms with E-state index < -0.39 is 0 Å². The summed E-state index contributed by atoms with van der Waals surface area (Å²) in [5.74, 6) is 0.255. The van der Waals surface area contributed by atoms with Crippen LogP contribution in [0, 0.1) is 0 Å². The summed E-state index contributed by atoms with van der Waals surface area (Å²) in [6.07, 6.45) is 2.88. The second kappa shape index (κ2) is 5.89. The summed E-state index contributed by atoms with van der Waals surface area (Å²) < 4.78 is 0. The number of carbonyl (C=O) groups excluding carboxylic acids is 1. The predicted molar refractivity (Wildman–Crippen MR) is 56.3 cm³/mol. The molecule has 0 aromatic carbocycles. The Bertz CT molecular complexity index is 266. The van der Waals surface area contributed by atoms with Gasteiger partial charge in [0.05, 0.1) is 0 Å². The van der Waals surface area contributed by atoms with Crippen molar-refractivity contribution in [2.45, 2.75) is 33.1 Å². The first-order valence-corrected chi connectivity index (χ1v) is 5.16. The van der Waals surface area contributed by atoms with E-state index in [2.05, 4.69) is 18.4 Å². The van der Waals surface area contributed by atoms with Crippen molar-refractivity contribution in [1.82, 2.24) is 0 Å². The molecule has 0 aliphatic carbocycles. The molecule has 74 valence electrons. The van der Waals surface area contributed by atoms with Crippen LogP contribution in [0.3, 0.4) is 0 Å². The molecule has 0 saturated carbocycles. The zero-order valence-electron chi connectivity index (χ0n) is 8.09. The van der Waals surface area contributed by atoms with Gasteiger partial charge in [0.25, 0.3) is 0 Å². The van der Waals surface area contributed by atoms with Crippen LogP contribution in [0.5, 0.6) is 0 Å². The molecule has 0 aliphatic heterocycles. The van der Waals surface area contributed by atoms with Crippen LogP contribution in [0.15, 0.2) is 11.4 Å². The molecule has 0 spiro atoms. The highest BCUT2D eigenvalue weighted by Gasteiger charge is 2.04. The Labute approximate surface area is 82.9 Å². The quantitative estimate of drug-likeness (QED) is 0.733. The summed E-state index contributed by atoms with van der Waals surface area (Å²) in [7, 11) is 0. The summed E-state index contributed by atoms with van der Waals surface area (Å²) in [6.45, 7) is 3.81. The third-order valence-corrected chi connectivity index (χ3v) is 2.78. The molecule has 2 nitrogen and oxygen atoms in total. The minimum absolute atomic E-state index is 0. The lowest BCUT2D eigenvalue weighted by Gasteiger charge is -1.98. The number of aryl methyl sites for hydroxylation is 1. The molecule has 1 aromatic rings. The SMILES string of the molecule is CCCc1sccc1CC(C)=O.O. The zero-order chi connectivity index (χ0) is 8.97. The topological polar surface area (TPSA) is 48.6 Å². The van der Waals surface area contributed by atoms with Gasteiger partial charge >= 0.3 is 0 Å². The summed E-state index contributed by atoms with van der Waals surface area (Å²) in [5, 5.41) is 2.07. The average Bonchev–Trinajstić information content (AvgIpc) is 2.37. The van der Waals surface area contributed by atoms with Crippen LogP contribution in [-0.4, -0.2) is 11.3 Å². The third kappa shape index (κ3) is 3.70. The monoisotopic (exact) mass is 200 g/mol. The van der Waals surface area contributed by atoms with E-state index in [1.807, 2.05) is 0 Å². The van der Waals surface area contributed by atoms with E-state index in [0.717, 1.165) is 12.8 Å². The van der Waals surface area contributed by atoms with Crippen molar-refractivity contribution >= 4 is 17.1 Å². The molecule has 1 rings (SSSR count). The molecular weight excluding hydrogens is 184 g/mol. The van der Waals surface area contributed by atoms with Gasteiger partial charge in [0.2, 0.25) is 0 Å². The van der Waals surface area contributed by atoms with Crippen LogP contribution in [0.2, 0.25) is 0 Å². The van der Waals surface area contributed by atoms with Crippen molar-refractivity contribution in [1.29, 1.82) is 0 Å². The van der Waals surface area contributed by atoms with E-state index in [1.165, 1.54) is 10.4 Å². The summed E-state index contributed by atoms with van der Waals surface area (Å²) >= 11 is 1.76. The van der Waals surface area contributed by atoms with Gasteiger partial charge in [-0.1, -0.05) is 13.3 Å². The molecular formula is C10H16O2S. The molecule has 13 heavy (non-hydrogen) atoms. The maximum Gasteiger partial charge on any atom is 0.134 e. The molecule has 0 aliphatic rings. The number of ketones is 1. The Balaban J connectivity index is 0.00000144. The van der Waals surface area contributed by atoms with Crippen molar-refractivity contribution in [2.75, 3.05) is 0 Å². The van der Waals surface area contributed by atoms with E-state index in [9.17, 15) is 4.79 Å². The van der Waals surface area contributed by atoms with E-state index in [4.69, 9.17) is 0 Å². The van der Waals surface area contributed by atoms with Gasteiger partial charge in [-0.15, -0.1) is 11.3 Å². The van der Waals surface area contributed by atoms with Gasteiger partial charge in [-0.05, 0) is 30.4 Å². The second-order valence-electron chi connectivity index (χ2n) is 3.00. The number of hydrogen-bond donors (Lipinski definition) is 0. The van der Waals surface area contributed by atoms with Gasteiger partial charge in [0.15, 0.2) is 0 Å². The molecule has 0 fully saturated rings. The third-order valence-electron chi connectivity index (χ3n) is 1.75. The average molecular weight is 200 g/mol. The Morgan fingerprint density at radius 3 is 2.77 bits per heavy atom. The van der Waals surface area contributed by atoms with Crippen molar-refractivity contribution in [3.63, 3.8) is 0 Å². The molecule has 0 bridgehead atoms. The Kier molecular flexibility index (Phi) is 5.58. The minimum Gasteiger partial charge on any atom is -0.412 e. The first-order chi connectivity index (χ1) is 5.74. The van der Waals surface area contributed by atoms with Crippen LogP contribution in [0.1, 0.15) is 30.7 Å². The van der Waals surface area contributed by atoms with Crippen molar-refractivity contribution < 1.29 is 10.3 Å². The highest BCUT2D eigenvalue weighted by Crippen LogP contribution is 2.19. The number of rotatable bonds is 4. The molecule has 0 unspecified atom stereocenters. The van der Waals surface area contributed by atoms with Crippen molar-refractivity contribution in [2.24, 2.45) is 0 Å². The maximum atomic E-state index is 10.9. The van der Waals surface area contributed by atoms with Gasteiger partial charge in [-0.2, -0.15) is 0 Å². The Hall–Kier alpha value is -0.670. The van der Waals surface area contributed by atoms with Gasteiger partial charge in [-0.3, -0.25) is 4.79 Å². The Morgan fingerprint density at radius 1 is 1.54 bits per heavy atom. The summed E-state index contributed by atoms with van der Waals surface area (Å²) in [4.78, 5) is 12.3. The molecule has 2 N–H and O–H groups in total. The van der Waals surface area contributed by atoms with Crippen LogP contribution in [0.25, 0.3) is 0 Å². The van der Waals surface area contributed by atoms with E-state index in [1.54, 1.807) is 18.3 Å². The van der Waals surface area contributed by atoms with Crippen LogP contribution >= 0.6 is 11.3 Å². The summed E-state index contributed by atoms with van der Waals surface area (Å²) in [5.41, 5.74) is 1.23. The molecule has 3 heteroatoms. The van der Waals surface area contributed by atoms with Gasteiger partial charge in [-0.25, -0.2) is 0 Å². The predicted octanol–water partition coefficient (Wildman–Crippen LogP) is 2.01. The fraction of sp³-hybridized carbons (Fsp3) is 0.500. The molecule has 1 heterocycles. The fourth-order valence-corrected chi connectivity index (χ4v) is 2.25. The molecule has 0 atom stereocenters. The lowest BCUT2D eigenvalue weighted by molar-refractivity contribution is -0.116. The van der Waals surface area contributed by atoms with Crippen LogP contribution in [-0.2, 0) is 17.6 Å². The second-order valence-corrected chi connectivity index (χ2v) is 4.00. The van der Waals surface area contributed by atoms with E-state index in [0.29, 0.717) is 6.42 Å². The first-order valence-electron chi connectivity index (χ1n) is 4.28. The van der Waals surface area contributed by atoms with Crippen LogP contribution in [0.4, 0.5) is 0 Å². The van der Waals surface area contributed by atoms with Crippen molar-refractivity contribution in [3.8, 4) is 0 Å². The highest BCUT2D eigenvalue weighted by atomic mass is 32.1. The maximum absolute atomic E-state index is 10.9. The van der Waals surface area contributed by atoms with E-state index >= 15 is 0 Å². The molecule has 0 saturated heterocycles. The summed E-state index contributed by atoms with van der Waals surface area (Å²) in [6, 6.07) is 2.07. The number of carbonyl (C=O) groups is 1. The van der Waals surface area contributed by atoms with Gasteiger partial charge in [0.1, 0.15) is 5.78 Å². The standard InChI is InChI=1S/C10H14OS.H2O/c1-3-4-10-9(5-6-12-10)7-8(2)11;/h5-6H,3-4,7H2,1-2H3;1H2. The van der Waals surface area contributed by atoms with Gasteiger partial charge < -0.3 is 5.48 Å². The normalized spacial score (nSPS) is 9.38. The Morgan fingerprint density at radius 2 is 2.23 bits per heavy atom. The minimum atomic E-state index is 0. The lowest BCUT2D eigenvalue weighted by Crippen LogP contribution is -1.97.